The fourth-order valence-corrected chi connectivity index (χ4v) is 2.45. The van der Waals surface area contributed by atoms with Crippen LogP contribution in [-0.2, 0) is 14.3 Å². The summed E-state index contributed by atoms with van der Waals surface area (Å²) >= 11 is 0. The predicted octanol–water partition coefficient (Wildman–Crippen LogP) is 1.04. The van der Waals surface area contributed by atoms with Crippen LogP contribution in [0, 0.1) is 0 Å². The lowest BCUT2D eigenvalue weighted by Crippen LogP contribution is -2.30. The molecule has 1 aliphatic rings. The molecule has 0 saturated heterocycles. The summed E-state index contributed by atoms with van der Waals surface area (Å²) in [4.78, 5) is 25.2. The summed E-state index contributed by atoms with van der Waals surface area (Å²) in [6.45, 7) is 0.321. The van der Waals surface area contributed by atoms with Crippen molar-refractivity contribution in [2.75, 3.05) is 19.4 Å². The van der Waals surface area contributed by atoms with Gasteiger partial charge in [-0.15, -0.1) is 0 Å². The van der Waals surface area contributed by atoms with Crippen LogP contribution in [0.3, 0.4) is 0 Å². The van der Waals surface area contributed by atoms with Crippen molar-refractivity contribution in [1.29, 1.82) is 0 Å². The summed E-state index contributed by atoms with van der Waals surface area (Å²) in [7, 11) is -3.44. The van der Waals surface area contributed by atoms with Crippen LogP contribution >= 0.6 is 0 Å². The van der Waals surface area contributed by atoms with E-state index in [2.05, 4.69) is 4.18 Å². The molecule has 2 amide bonds. The molecule has 1 aromatic carbocycles. The monoisotopic (exact) mass is 297 g/mol. The van der Waals surface area contributed by atoms with E-state index in [9.17, 15) is 18.0 Å². The zero-order chi connectivity index (χ0) is 14.8. The van der Waals surface area contributed by atoms with E-state index < -0.39 is 10.1 Å². The number of hydrogen-bond acceptors (Lipinski definition) is 5. The van der Waals surface area contributed by atoms with Crippen LogP contribution in [-0.4, -0.2) is 44.5 Å². The molecule has 0 bridgehead atoms. The van der Waals surface area contributed by atoms with Gasteiger partial charge in [-0.3, -0.25) is 18.7 Å². The van der Waals surface area contributed by atoms with Gasteiger partial charge in [0.05, 0.1) is 24.0 Å². The van der Waals surface area contributed by atoms with E-state index in [0.29, 0.717) is 24.0 Å². The van der Waals surface area contributed by atoms with E-state index in [1.54, 1.807) is 24.3 Å². The Kier molecular flexibility index (Phi) is 4.20. The van der Waals surface area contributed by atoms with E-state index >= 15 is 0 Å². The summed E-state index contributed by atoms with van der Waals surface area (Å²) in [6, 6.07) is 6.69. The first kappa shape index (κ1) is 14.7. The maximum Gasteiger partial charge on any atom is 0.264 e. The lowest BCUT2D eigenvalue weighted by Gasteiger charge is -2.13. The highest BCUT2D eigenvalue weighted by Gasteiger charge is 2.34. The number of hydrogen-bond donors (Lipinski definition) is 0. The fraction of sp³-hybridized carbons (Fsp3) is 0.385. The lowest BCUT2D eigenvalue weighted by atomic mass is 10.1. The Morgan fingerprint density at radius 1 is 1.05 bits per heavy atom. The van der Waals surface area contributed by atoms with Crippen molar-refractivity contribution in [2.45, 2.75) is 12.8 Å². The second-order valence-electron chi connectivity index (χ2n) is 4.54. The first-order valence-electron chi connectivity index (χ1n) is 6.20. The molecule has 0 atom stereocenters. The van der Waals surface area contributed by atoms with Crippen molar-refractivity contribution in [2.24, 2.45) is 0 Å². The average Bonchev–Trinajstić information content (AvgIpc) is 2.62. The van der Waals surface area contributed by atoms with Gasteiger partial charge in [0.2, 0.25) is 0 Å². The van der Waals surface area contributed by atoms with E-state index in [-0.39, 0.29) is 25.0 Å². The molecule has 1 aromatic rings. The summed E-state index contributed by atoms with van der Waals surface area (Å²) in [5.41, 5.74) is 0.842. The largest absolute Gasteiger partial charge is 0.274 e. The smallest absolute Gasteiger partial charge is 0.264 e. The number of nitrogens with zero attached hydrogens (tertiary/aromatic N) is 1. The van der Waals surface area contributed by atoms with Crippen molar-refractivity contribution >= 4 is 21.9 Å². The van der Waals surface area contributed by atoms with E-state index in [1.165, 1.54) is 4.90 Å². The zero-order valence-electron chi connectivity index (χ0n) is 11.0. The summed E-state index contributed by atoms with van der Waals surface area (Å²) in [5.74, 6) is -0.593. The molecular formula is C13H15NO5S. The Bertz CT molecular complexity index is 603. The average molecular weight is 297 g/mol. The Hall–Kier alpha value is -1.73. The van der Waals surface area contributed by atoms with Gasteiger partial charge in [-0.2, -0.15) is 8.42 Å². The third-order valence-corrected chi connectivity index (χ3v) is 3.55. The van der Waals surface area contributed by atoms with E-state index in [0.717, 1.165) is 6.26 Å². The zero-order valence-corrected chi connectivity index (χ0v) is 11.9. The van der Waals surface area contributed by atoms with Crippen LogP contribution in [0.1, 0.15) is 33.6 Å². The van der Waals surface area contributed by atoms with Gasteiger partial charge < -0.3 is 0 Å². The van der Waals surface area contributed by atoms with Gasteiger partial charge in [0, 0.05) is 6.54 Å². The second-order valence-corrected chi connectivity index (χ2v) is 6.18. The molecule has 6 nitrogen and oxygen atoms in total. The number of carbonyl (C=O) groups excluding carboxylic acids is 2. The molecule has 0 unspecified atom stereocenters. The van der Waals surface area contributed by atoms with Crippen LogP contribution < -0.4 is 0 Å². The van der Waals surface area contributed by atoms with Crippen molar-refractivity contribution in [1.82, 2.24) is 4.90 Å². The normalized spacial score (nSPS) is 14.8. The Labute approximate surface area is 117 Å². The van der Waals surface area contributed by atoms with Crippen LogP contribution in [0.5, 0.6) is 0 Å². The van der Waals surface area contributed by atoms with Crippen LogP contribution in [0.2, 0.25) is 0 Å². The Morgan fingerprint density at radius 3 is 2.10 bits per heavy atom. The van der Waals surface area contributed by atoms with Crippen molar-refractivity contribution in [3.8, 4) is 0 Å². The molecule has 0 aromatic heterocycles. The van der Waals surface area contributed by atoms with Crippen molar-refractivity contribution in [3.63, 3.8) is 0 Å². The number of amides is 2. The van der Waals surface area contributed by atoms with Crippen molar-refractivity contribution < 1.29 is 22.2 Å². The molecule has 0 N–H and O–H groups in total. The highest BCUT2D eigenvalue weighted by Crippen LogP contribution is 2.22. The SMILES string of the molecule is CS(=O)(=O)OCCCCN1C(=O)c2ccccc2C1=O. The second kappa shape index (κ2) is 5.72. The van der Waals surface area contributed by atoms with Gasteiger partial charge in [0.15, 0.2) is 0 Å². The minimum absolute atomic E-state index is 0.0575. The molecule has 7 heteroatoms. The molecule has 0 spiro atoms. The molecule has 1 aliphatic heterocycles. The van der Waals surface area contributed by atoms with E-state index in [4.69, 9.17) is 0 Å². The fourth-order valence-electron chi connectivity index (χ4n) is 2.02. The molecule has 108 valence electrons. The van der Waals surface area contributed by atoms with Gasteiger partial charge in [-0.1, -0.05) is 12.1 Å². The van der Waals surface area contributed by atoms with Crippen molar-refractivity contribution in [3.05, 3.63) is 35.4 Å². The third-order valence-electron chi connectivity index (χ3n) is 2.95. The summed E-state index contributed by atoms with van der Waals surface area (Å²) in [5, 5.41) is 0. The summed E-state index contributed by atoms with van der Waals surface area (Å²) in [6.07, 6.45) is 1.94. The highest BCUT2D eigenvalue weighted by molar-refractivity contribution is 7.85. The molecule has 1 heterocycles. The lowest BCUT2D eigenvalue weighted by molar-refractivity contribution is 0.0649. The van der Waals surface area contributed by atoms with E-state index in [1.807, 2.05) is 0 Å². The minimum Gasteiger partial charge on any atom is -0.274 e. The number of carbonyl (C=O) groups is 2. The Morgan fingerprint density at radius 2 is 1.60 bits per heavy atom. The highest BCUT2D eigenvalue weighted by atomic mass is 32.2. The number of imide groups is 1. The topological polar surface area (TPSA) is 80.8 Å². The molecule has 0 fully saturated rings. The van der Waals surface area contributed by atoms with Crippen LogP contribution in [0.4, 0.5) is 0 Å². The molecule has 20 heavy (non-hydrogen) atoms. The first-order chi connectivity index (χ1) is 9.40. The molecule has 0 radical (unpaired) electrons. The number of rotatable bonds is 6. The molecule has 0 saturated carbocycles. The third kappa shape index (κ3) is 3.23. The minimum atomic E-state index is -3.44. The number of benzene rings is 1. The van der Waals surface area contributed by atoms with Gasteiger partial charge in [-0.25, -0.2) is 0 Å². The predicted molar refractivity (Wildman–Crippen MR) is 71.8 cm³/mol. The summed E-state index contributed by atoms with van der Waals surface area (Å²) < 4.78 is 26.1. The quantitative estimate of drug-likeness (QED) is 0.445. The number of fused-ring (bicyclic) bond motifs is 1. The van der Waals surface area contributed by atoms with Gasteiger partial charge in [0.1, 0.15) is 0 Å². The van der Waals surface area contributed by atoms with Gasteiger partial charge >= 0.3 is 0 Å². The number of unbranched alkanes of at least 4 members (excludes halogenated alkanes) is 1. The molecule has 0 aliphatic carbocycles. The maximum atomic E-state index is 12.0. The van der Waals surface area contributed by atoms with Crippen LogP contribution in [0.15, 0.2) is 24.3 Å². The molecule has 2 rings (SSSR count). The first-order valence-corrected chi connectivity index (χ1v) is 8.01. The Balaban J connectivity index is 1.87. The van der Waals surface area contributed by atoms with Gasteiger partial charge in [0.25, 0.3) is 21.9 Å². The van der Waals surface area contributed by atoms with Gasteiger partial charge in [-0.05, 0) is 25.0 Å². The van der Waals surface area contributed by atoms with Crippen LogP contribution in [0.25, 0.3) is 0 Å². The standard InChI is InChI=1S/C13H15NO5S/c1-20(17,18)19-9-5-4-8-14-12(15)10-6-2-3-7-11(10)13(14)16/h2-3,6-7H,4-5,8-9H2,1H3. The maximum absolute atomic E-state index is 12.0. The molecular weight excluding hydrogens is 282 g/mol.